The summed E-state index contributed by atoms with van der Waals surface area (Å²) in [4.78, 5) is 13.6. The third-order valence-electron chi connectivity index (χ3n) is 4.11. The highest BCUT2D eigenvalue weighted by Crippen LogP contribution is 2.40. The molecule has 120 valence electrons. The number of aromatic nitrogens is 5. The maximum Gasteiger partial charge on any atom is 0.254 e. The van der Waals surface area contributed by atoms with Crippen LogP contribution in [0.15, 0.2) is 17.8 Å². The first kappa shape index (κ1) is 14.6. The molecule has 1 unspecified atom stereocenters. The van der Waals surface area contributed by atoms with Crippen molar-refractivity contribution in [2.75, 3.05) is 5.32 Å². The minimum Gasteiger partial charge on any atom is -0.362 e. The maximum atomic E-state index is 4.74. The van der Waals surface area contributed by atoms with Crippen molar-refractivity contribution in [1.29, 1.82) is 0 Å². The van der Waals surface area contributed by atoms with Gasteiger partial charge in [0.15, 0.2) is 0 Å². The molecule has 0 aromatic carbocycles. The summed E-state index contributed by atoms with van der Waals surface area (Å²) in [6.07, 6.45) is 3.99. The molecular weight excluding hydrogens is 308 g/mol. The van der Waals surface area contributed by atoms with E-state index < -0.39 is 0 Å². The van der Waals surface area contributed by atoms with Gasteiger partial charge in [-0.3, -0.25) is 0 Å². The van der Waals surface area contributed by atoms with E-state index in [-0.39, 0.29) is 6.04 Å². The predicted molar refractivity (Wildman–Crippen MR) is 91.0 cm³/mol. The number of thiazole rings is 1. The molecule has 1 fully saturated rings. The molecule has 0 saturated heterocycles. The quantitative estimate of drug-likeness (QED) is 0.772. The van der Waals surface area contributed by atoms with Gasteiger partial charge in [-0.1, -0.05) is 13.8 Å². The van der Waals surface area contributed by atoms with Crippen molar-refractivity contribution in [3.05, 3.63) is 34.2 Å². The second-order valence-corrected chi connectivity index (χ2v) is 7.33. The number of nitrogens with one attached hydrogen (secondary N) is 1. The summed E-state index contributed by atoms with van der Waals surface area (Å²) in [5.41, 5.74) is 2.18. The summed E-state index contributed by atoms with van der Waals surface area (Å²) in [5, 5.41) is 11.1. The lowest BCUT2D eigenvalue weighted by Gasteiger charge is -2.15. The SMILES string of the molecule is CC(C)c1nc(C(C)Nc2cc(C3CC3)nc3ncnn23)cs1. The highest BCUT2D eigenvalue weighted by molar-refractivity contribution is 7.09. The standard InChI is InChI=1S/C16H20N6S/c1-9(2)15-20-13(7-23-15)10(3)19-14-6-12(11-4-5-11)21-16-17-8-18-22(14)16/h6-11,19H,4-5H2,1-3H3. The average molecular weight is 328 g/mol. The zero-order valence-corrected chi connectivity index (χ0v) is 14.3. The van der Waals surface area contributed by atoms with Crippen molar-refractivity contribution in [2.45, 2.75) is 51.5 Å². The molecule has 0 radical (unpaired) electrons. The molecule has 3 aromatic heterocycles. The van der Waals surface area contributed by atoms with Crippen LogP contribution in [0.1, 0.15) is 67.9 Å². The lowest BCUT2D eigenvalue weighted by atomic mass is 10.2. The van der Waals surface area contributed by atoms with Crippen LogP contribution in [0.5, 0.6) is 0 Å². The van der Waals surface area contributed by atoms with Crippen LogP contribution in [0.25, 0.3) is 5.78 Å². The molecule has 0 aliphatic heterocycles. The fraction of sp³-hybridized carbons (Fsp3) is 0.500. The van der Waals surface area contributed by atoms with Crippen LogP contribution in [0.2, 0.25) is 0 Å². The fourth-order valence-electron chi connectivity index (χ4n) is 2.58. The first-order valence-electron chi connectivity index (χ1n) is 8.04. The molecule has 23 heavy (non-hydrogen) atoms. The van der Waals surface area contributed by atoms with Crippen LogP contribution >= 0.6 is 11.3 Å². The van der Waals surface area contributed by atoms with Crippen molar-refractivity contribution in [1.82, 2.24) is 24.6 Å². The van der Waals surface area contributed by atoms with Crippen LogP contribution in [0, 0.1) is 0 Å². The minimum absolute atomic E-state index is 0.112. The molecule has 0 bridgehead atoms. The first-order chi connectivity index (χ1) is 11.1. The largest absolute Gasteiger partial charge is 0.362 e. The molecule has 7 heteroatoms. The molecule has 3 heterocycles. The molecule has 0 amide bonds. The molecular formula is C16H20N6S. The van der Waals surface area contributed by atoms with Crippen molar-refractivity contribution < 1.29 is 0 Å². The molecule has 1 aliphatic rings. The Morgan fingerprint density at radius 1 is 1.26 bits per heavy atom. The minimum atomic E-state index is 0.112. The number of nitrogens with zero attached hydrogens (tertiary/aromatic N) is 5. The average Bonchev–Trinajstić information content (AvgIpc) is 3.07. The Hall–Kier alpha value is -2.02. The van der Waals surface area contributed by atoms with Gasteiger partial charge in [0, 0.05) is 23.3 Å². The molecule has 0 spiro atoms. The third kappa shape index (κ3) is 2.81. The van der Waals surface area contributed by atoms with Crippen molar-refractivity contribution in [3.63, 3.8) is 0 Å². The van der Waals surface area contributed by atoms with Gasteiger partial charge < -0.3 is 5.32 Å². The number of rotatable bonds is 5. The van der Waals surface area contributed by atoms with Crippen LogP contribution in [0.4, 0.5) is 5.82 Å². The van der Waals surface area contributed by atoms with E-state index in [2.05, 4.69) is 52.6 Å². The molecule has 1 atom stereocenters. The van der Waals surface area contributed by atoms with Crippen molar-refractivity contribution in [3.8, 4) is 0 Å². The van der Waals surface area contributed by atoms with Crippen LogP contribution in [-0.4, -0.2) is 24.6 Å². The van der Waals surface area contributed by atoms with Gasteiger partial charge in [0.05, 0.1) is 22.4 Å². The van der Waals surface area contributed by atoms with E-state index in [1.165, 1.54) is 17.8 Å². The van der Waals surface area contributed by atoms with E-state index in [4.69, 9.17) is 4.98 Å². The normalized spacial score (nSPS) is 16.2. The summed E-state index contributed by atoms with van der Waals surface area (Å²) >= 11 is 1.72. The monoisotopic (exact) mass is 328 g/mol. The van der Waals surface area contributed by atoms with E-state index >= 15 is 0 Å². The van der Waals surface area contributed by atoms with Gasteiger partial charge >= 0.3 is 0 Å². The molecule has 3 aromatic rings. The Balaban J connectivity index is 1.64. The predicted octanol–water partition coefficient (Wildman–Crippen LogP) is 3.75. The van der Waals surface area contributed by atoms with Gasteiger partial charge in [0.2, 0.25) is 0 Å². The van der Waals surface area contributed by atoms with E-state index in [0.717, 1.165) is 17.2 Å². The van der Waals surface area contributed by atoms with Gasteiger partial charge in [-0.2, -0.15) is 14.6 Å². The van der Waals surface area contributed by atoms with E-state index in [0.29, 0.717) is 17.6 Å². The summed E-state index contributed by atoms with van der Waals surface area (Å²) in [5.74, 6) is 2.64. The smallest absolute Gasteiger partial charge is 0.254 e. The van der Waals surface area contributed by atoms with Crippen LogP contribution in [-0.2, 0) is 0 Å². The summed E-state index contributed by atoms with van der Waals surface area (Å²) in [6, 6.07) is 2.21. The van der Waals surface area contributed by atoms with E-state index in [1.807, 2.05) is 0 Å². The Bertz CT molecular complexity index is 832. The molecule has 1 N–H and O–H groups in total. The van der Waals surface area contributed by atoms with E-state index in [1.54, 1.807) is 22.2 Å². The Morgan fingerprint density at radius 3 is 2.78 bits per heavy atom. The fourth-order valence-corrected chi connectivity index (χ4v) is 3.51. The van der Waals surface area contributed by atoms with E-state index in [9.17, 15) is 0 Å². The van der Waals surface area contributed by atoms with Crippen molar-refractivity contribution >= 4 is 22.9 Å². The Morgan fingerprint density at radius 2 is 2.09 bits per heavy atom. The first-order valence-corrected chi connectivity index (χ1v) is 8.92. The van der Waals surface area contributed by atoms with Gasteiger partial charge in [0.25, 0.3) is 5.78 Å². The van der Waals surface area contributed by atoms with Gasteiger partial charge in [-0.05, 0) is 19.8 Å². The zero-order valence-electron chi connectivity index (χ0n) is 13.5. The zero-order chi connectivity index (χ0) is 16.0. The second-order valence-electron chi connectivity index (χ2n) is 6.44. The highest BCUT2D eigenvalue weighted by atomic mass is 32.1. The summed E-state index contributed by atoms with van der Waals surface area (Å²) < 4.78 is 1.76. The Kier molecular flexibility index (Phi) is 3.52. The lowest BCUT2D eigenvalue weighted by Crippen LogP contribution is -2.12. The Labute approximate surface area is 139 Å². The number of anilines is 1. The summed E-state index contributed by atoms with van der Waals surface area (Å²) in [7, 11) is 0. The molecule has 1 saturated carbocycles. The molecule has 1 aliphatic carbocycles. The molecule has 4 rings (SSSR count). The summed E-state index contributed by atoms with van der Waals surface area (Å²) in [6.45, 7) is 6.47. The number of fused-ring (bicyclic) bond motifs is 1. The number of hydrogen-bond donors (Lipinski definition) is 1. The second kappa shape index (κ2) is 5.56. The lowest BCUT2D eigenvalue weighted by molar-refractivity contribution is 0.786. The number of hydrogen-bond acceptors (Lipinski definition) is 6. The van der Waals surface area contributed by atoms with Crippen molar-refractivity contribution in [2.24, 2.45) is 0 Å². The van der Waals surface area contributed by atoms with Crippen LogP contribution in [0.3, 0.4) is 0 Å². The highest BCUT2D eigenvalue weighted by Gasteiger charge is 2.27. The van der Waals surface area contributed by atoms with Gasteiger partial charge in [0.1, 0.15) is 12.1 Å². The third-order valence-corrected chi connectivity index (χ3v) is 5.27. The molecule has 6 nitrogen and oxygen atoms in total. The van der Waals surface area contributed by atoms with Gasteiger partial charge in [-0.15, -0.1) is 11.3 Å². The maximum absolute atomic E-state index is 4.74. The van der Waals surface area contributed by atoms with Gasteiger partial charge in [-0.25, -0.2) is 9.97 Å². The topological polar surface area (TPSA) is 68.0 Å². The van der Waals surface area contributed by atoms with Crippen LogP contribution < -0.4 is 5.32 Å².